The van der Waals surface area contributed by atoms with E-state index in [1.54, 1.807) is 0 Å². The molecule has 2 aromatic heterocycles. The van der Waals surface area contributed by atoms with E-state index in [9.17, 15) is 0 Å². The number of halogens is 1. The molecule has 0 unspecified atom stereocenters. The van der Waals surface area contributed by atoms with E-state index in [0.29, 0.717) is 5.15 Å². The molecule has 0 saturated carbocycles. The van der Waals surface area contributed by atoms with E-state index < -0.39 is 0 Å². The molecular formula is C14H19ClN4. The molecule has 0 N–H and O–H groups in total. The zero-order valence-corrected chi connectivity index (χ0v) is 13.0. The monoisotopic (exact) mass is 278 g/mol. The normalized spacial score (nSPS) is 11.9. The summed E-state index contributed by atoms with van der Waals surface area (Å²) < 4.78 is 1.83. The number of hydrogen-bond donors (Lipinski definition) is 0. The molecule has 4 nitrogen and oxygen atoms in total. The van der Waals surface area contributed by atoms with Crippen LogP contribution in [0.1, 0.15) is 43.5 Å². The van der Waals surface area contributed by atoms with Gasteiger partial charge in [0.2, 0.25) is 0 Å². The highest BCUT2D eigenvalue weighted by Crippen LogP contribution is 2.25. The third kappa shape index (κ3) is 2.63. The average Bonchev–Trinajstić information content (AvgIpc) is 2.60. The van der Waals surface area contributed by atoms with Gasteiger partial charge in [0.05, 0.1) is 5.69 Å². The van der Waals surface area contributed by atoms with Gasteiger partial charge >= 0.3 is 0 Å². The second kappa shape index (κ2) is 4.60. The first-order chi connectivity index (χ1) is 8.70. The summed E-state index contributed by atoms with van der Waals surface area (Å²) in [4.78, 5) is 9.03. The van der Waals surface area contributed by atoms with Gasteiger partial charge in [0.1, 0.15) is 11.0 Å². The van der Waals surface area contributed by atoms with Gasteiger partial charge in [-0.3, -0.25) is 0 Å². The summed E-state index contributed by atoms with van der Waals surface area (Å²) in [5.74, 6) is 1.49. The summed E-state index contributed by atoms with van der Waals surface area (Å²) in [5, 5.41) is 4.96. The van der Waals surface area contributed by atoms with E-state index in [2.05, 4.69) is 35.8 Å². The van der Waals surface area contributed by atoms with E-state index in [1.165, 1.54) is 0 Å². The first-order valence-electron chi connectivity index (χ1n) is 6.28. The van der Waals surface area contributed by atoms with Crippen LogP contribution < -0.4 is 0 Å². The highest BCUT2D eigenvalue weighted by molar-refractivity contribution is 6.30. The van der Waals surface area contributed by atoms with Gasteiger partial charge < -0.3 is 0 Å². The van der Waals surface area contributed by atoms with E-state index in [-0.39, 0.29) is 5.41 Å². The smallest absolute Gasteiger partial charge is 0.161 e. The SMILES string of the molecule is Cc1cc(C)n(-c2nc(C(C)(C)C)nc(Cl)c2C)n1. The lowest BCUT2D eigenvalue weighted by Crippen LogP contribution is -2.19. The molecule has 0 bridgehead atoms. The van der Waals surface area contributed by atoms with Crippen LogP contribution in [0.4, 0.5) is 0 Å². The Bertz CT molecular complexity index is 623. The predicted molar refractivity (Wildman–Crippen MR) is 77.1 cm³/mol. The average molecular weight is 279 g/mol. The minimum Gasteiger partial charge on any atom is -0.220 e. The van der Waals surface area contributed by atoms with Crippen LogP contribution in [-0.2, 0) is 5.41 Å². The maximum absolute atomic E-state index is 6.24. The van der Waals surface area contributed by atoms with Gasteiger partial charge in [-0.1, -0.05) is 32.4 Å². The zero-order valence-electron chi connectivity index (χ0n) is 12.2. The van der Waals surface area contributed by atoms with Crippen LogP contribution in [0.5, 0.6) is 0 Å². The molecule has 0 saturated heterocycles. The molecule has 0 radical (unpaired) electrons. The molecular weight excluding hydrogens is 260 g/mol. The van der Waals surface area contributed by atoms with Crippen LogP contribution in [0.15, 0.2) is 6.07 Å². The van der Waals surface area contributed by atoms with Gasteiger partial charge in [0.25, 0.3) is 0 Å². The largest absolute Gasteiger partial charge is 0.220 e. The van der Waals surface area contributed by atoms with Crippen LogP contribution in [0.2, 0.25) is 5.15 Å². The maximum Gasteiger partial charge on any atom is 0.161 e. The summed E-state index contributed by atoms with van der Waals surface area (Å²) in [6.07, 6.45) is 0. The highest BCUT2D eigenvalue weighted by Gasteiger charge is 2.22. The maximum atomic E-state index is 6.24. The molecule has 0 amide bonds. The Kier molecular flexibility index (Phi) is 3.39. The molecule has 19 heavy (non-hydrogen) atoms. The molecule has 2 aromatic rings. The number of nitrogens with zero attached hydrogens (tertiary/aromatic N) is 4. The fourth-order valence-corrected chi connectivity index (χ4v) is 2.03. The standard InChI is InChI=1S/C14H19ClN4/c1-8-7-9(2)19(18-8)12-10(3)11(15)16-13(17-12)14(4,5)6/h7H,1-6H3. The third-order valence-corrected chi connectivity index (χ3v) is 3.31. The molecule has 0 spiro atoms. The molecule has 5 heteroatoms. The molecule has 2 rings (SSSR count). The summed E-state index contributed by atoms with van der Waals surface area (Å²) in [6, 6.07) is 2.02. The number of rotatable bonds is 1. The lowest BCUT2D eigenvalue weighted by molar-refractivity contribution is 0.540. The Labute approximate surface area is 118 Å². The van der Waals surface area contributed by atoms with Crippen LogP contribution in [0.25, 0.3) is 5.82 Å². The Morgan fingerprint density at radius 3 is 2.21 bits per heavy atom. The van der Waals surface area contributed by atoms with Crippen LogP contribution >= 0.6 is 11.6 Å². The Balaban J connectivity index is 2.69. The Hall–Kier alpha value is -1.42. The number of aromatic nitrogens is 4. The van der Waals surface area contributed by atoms with Gasteiger partial charge in [-0.2, -0.15) is 5.10 Å². The lowest BCUT2D eigenvalue weighted by atomic mass is 9.95. The molecule has 0 aliphatic rings. The first kappa shape index (κ1) is 14.0. The van der Waals surface area contributed by atoms with Crippen molar-refractivity contribution in [3.05, 3.63) is 34.0 Å². The van der Waals surface area contributed by atoms with Crippen molar-refractivity contribution >= 4 is 11.6 Å². The zero-order chi connectivity index (χ0) is 14.4. The molecule has 0 aliphatic carbocycles. The van der Waals surface area contributed by atoms with Crippen molar-refractivity contribution in [3.8, 4) is 5.82 Å². The quantitative estimate of drug-likeness (QED) is 0.750. The van der Waals surface area contributed by atoms with Gasteiger partial charge in [-0.15, -0.1) is 0 Å². The fourth-order valence-electron chi connectivity index (χ4n) is 1.86. The molecule has 2 heterocycles. The van der Waals surface area contributed by atoms with Crippen molar-refractivity contribution in [3.63, 3.8) is 0 Å². The van der Waals surface area contributed by atoms with Crippen LogP contribution in [0, 0.1) is 20.8 Å². The third-order valence-electron chi connectivity index (χ3n) is 2.94. The predicted octanol–water partition coefficient (Wildman–Crippen LogP) is 3.54. The summed E-state index contributed by atoms with van der Waals surface area (Å²) in [7, 11) is 0. The lowest BCUT2D eigenvalue weighted by Gasteiger charge is -2.19. The van der Waals surface area contributed by atoms with Crippen molar-refractivity contribution in [1.82, 2.24) is 19.7 Å². The Morgan fingerprint density at radius 2 is 1.74 bits per heavy atom. The van der Waals surface area contributed by atoms with Crippen molar-refractivity contribution < 1.29 is 0 Å². The highest BCUT2D eigenvalue weighted by atomic mass is 35.5. The van der Waals surface area contributed by atoms with Gasteiger partial charge in [0.15, 0.2) is 5.82 Å². The Morgan fingerprint density at radius 1 is 1.11 bits per heavy atom. The van der Waals surface area contributed by atoms with Crippen molar-refractivity contribution in [2.75, 3.05) is 0 Å². The minimum absolute atomic E-state index is 0.151. The van der Waals surface area contributed by atoms with Gasteiger partial charge in [-0.05, 0) is 26.8 Å². The second-order valence-electron chi connectivity index (χ2n) is 5.88. The summed E-state index contributed by atoms with van der Waals surface area (Å²) in [6.45, 7) is 12.1. The molecule has 0 aliphatic heterocycles. The number of aryl methyl sites for hydroxylation is 2. The summed E-state index contributed by atoms with van der Waals surface area (Å²) in [5.41, 5.74) is 2.70. The molecule has 0 fully saturated rings. The van der Waals surface area contributed by atoms with Crippen LogP contribution in [-0.4, -0.2) is 19.7 Å². The second-order valence-corrected chi connectivity index (χ2v) is 6.23. The van der Waals surface area contributed by atoms with Crippen molar-refractivity contribution in [2.45, 2.75) is 47.0 Å². The van der Waals surface area contributed by atoms with E-state index in [4.69, 9.17) is 11.6 Å². The van der Waals surface area contributed by atoms with Gasteiger partial charge in [-0.25, -0.2) is 14.6 Å². The molecule has 102 valence electrons. The fraction of sp³-hybridized carbons (Fsp3) is 0.500. The van der Waals surface area contributed by atoms with Gasteiger partial charge in [0, 0.05) is 16.7 Å². The van der Waals surface area contributed by atoms with E-state index in [0.717, 1.165) is 28.6 Å². The minimum atomic E-state index is -0.151. The van der Waals surface area contributed by atoms with Crippen LogP contribution in [0.3, 0.4) is 0 Å². The first-order valence-corrected chi connectivity index (χ1v) is 6.66. The van der Waals surface area contributed by atoms with E-state index >= 15 is 0 Å². The number of hydrogen-bond acceptors (Lipinski definition) is 3. The topological polar surface area (TPSA) is 43.6 Å². The molecule has 0 aromatic carbocycles. The van der Waals surface area contributed by atoms with Crippen molar-refractivity contribution in [1.29, 1.82) is 0 Å². The van der Waals surface area contributed by atoms with Crippen molar-refractivity contribution in [2.24, 2.45) is 0 Å². The summed E-state index contributed by atoms with van der Waals surface area (Å²) >= 11 is 6.24. The molecule has 0 atom stereocenters. The van der Waals surface area contributed by atoms with E-state index in [1.807, 2.05) is 31.5 Å².